The molecular formula is C12H23ClN2O. The summed E-state index contributed by atoms with van der Waals surface area (Å²) in [5.74, 6) is 1.24. The Kier molecular flexibility index (Phi) is 5.56. The van der Waals surface area contributed by atoms with E-state index >= 15 is 0 Å². The lowest BCUT2D eigenvalue weighted by molar-refractivity contribution is -0.126. The van der Waals surface area contributed by atoms with Gasteiger partial charge in [0.15, 0.2) is 0 Å². The number of nitrogens with one attached hydrogen (secondary N) is 2. The van der Waals surface area contributed by atoms with Crippen molar-refractivity contribution in [3.8, 4) is 0 Å². The van der Waals surface area contributed by atoms with Crippen LogP contribution < -0.4 is 10.6 Å². The predicted molar refractivity (Wildman–Crippen MR) is 67.8 cm³/mol. The summed E-state index contributed by atoms with van der Waals surface area (Å²) >= 11 is 0. The van der Waals surface area contributed by atoms with E-state index in [9.17, 15) is 4.79 Å². The van der Waals surface area contributed by atoms with Crippen molar-refractivity contribution < 1.29 is 4.79 Å². The van der Waals surface area contributed by atoms with Gasteiger partial charge in [-0.25, -0.2) is 0 Å². The zero-order chi connectivity index (χ0) is 10.7. The highest BCUT2D eigenvalue weighted by Gasteiger charge is 2.28. The third kappa shape index (κ3) is 3.36. The number of hydrogen-bond donors (Lipinski definition) is 2. The molecule has 2 aliphatic rings. The van der Waals surface area contributed by atoms with E-state index in [1.807, 2.05) is 0 Å². The Morgan fingerprint density at radius 3 is 2.44 bits per heavy atom. The van der Waals surface area contributed by atoms with Crippen LogP contribution in [0.1, 0.15) is 39.0 Å². The Morgan fingerprint density at radius 1 is 1.19 bits per heavy atom. The van der Waals surface area contributed by atoms with Gasteiger partial charge in [-0.2, -0.15) is 0 Å². The van der Waals surface area contributed by atoms with Gasteiger partial charge in [0.05, 0.1) is 0 Å². The van der Waals surface area contributed by atoms with Gasteiger partial charge in [-0.3, -0.25) is 4.79 Å². The first-order valence-electron chi connectivity index (χ1n) is 6.28. The first-order chi connectivity index (χ1) is 7.27. The molecule has 0 aromatic heterocycles. The summed E-state index contributed by atoms with van der Waals surface area (Å²) in [6, 6.07) is 0.451. The molecule has 1 aliphatic carbocycles. The molecule has 0 aromatic rings. The highest BCUT2D eigenvalue weighted by molar-refractivity contribution is 5.85. The summed E-state index contributed by atoms with van der Waals surface area (Å²) in [5, 5.41) is 6.52. The molecule has 0 radical (unpaired) electrons. The van der Waals surface area contributed by atoms with Gasteiger partial charge in [-0.05, 0) is 44.7 Å². The molecule has 1 heterocycles. The number of rotatable bonds is 2. The largest absolute Gasteiger partial charge is 0.353 e. The van der Waals surface area contributed by atoms with Crippen molar-refractivity contribution in [2.75, 3.05) is 13.1 Å². The van der Waals surface area contributed by atoms with E-state index in [1.54, 1.807) is 0 Å². The van der Waals surface area contributed by atoms with Gasteiger partial charge in [-0.1, -0.05) is 13.3 Å². The average molecular weight is 247 g/mol. The van der Waals surface area contributed by atoms with Crippen LogP contribution in [0.4, 0.5) is 0 Å². The number of halogens is 1. The predicted octanol–water partition coefficient (Wildman–Crippen LogP) is 1.71. The van der Waals surface area contributed by atoms with Gasteiger partial charge in [0.1, 0.15) is 0 Å². The van der Waals surface area contributed by atoms with Crippen LogP contribution in [-0.4, -0.2) is 25.0 Å². The number of hydrogen-bond acceptors (Lipinski definition) is 2. The van der Waals surface area contributed by atoms with Crippen LogP contribution in [0.15, 0.2) is 0 Å². The zero-order valence-corrected chi connectivity index (χ0v) is 10.8. The SMILES string of the molecule is CC1CCCC1NC(=O)C1CCNCC1.Cl. The minimum atomic E-state index is 0. The quantitative estimate of drug-likeness (QED) is 0.779. The van der Waals surface area contributed by atoms with E-state index in [4.69, 9.17) is 0 Å². The molecule has 2 N–H and O–H groups in total. The second-order valence-corrected chi connectivity index (χ2v) is 5.05. The smallest absolute Gasteiger partial charge is 0.223 e. The fourth-order valence-electron chi connectivity index (χ4n) is 2.74. The van der Waals surface area contributed by atoms with Crippen molar-refractivity contribution in [1.82, 2.24) is 10.6 Å². The monoisotopic (exact) mass is 246 g/mol. The van der Waals surface area contributed by atoms with Crippen LogP contribution in [0.3, 0.4) is 0 Å². The Bertz CT molecular complexity index is 229. The van der Waals surface area contributed by atoms with Gasteiger partial charge in [0.25, 0.3) is 0 Å². The Labute approximate surface area is 104 Å². The summed E-state index contributed by atoms with van der Waals surface area (Å²) in [5.41, 5.74) is 0. The third-order valence-corrected chi connectivity index (χ3v) is 3.90. The minimum absolute atomic E-state index is 0. The van der Waals surface area contributed by atoms with Gasteiger partial charge >= 0.3 is 0 Å². The fraction of sp³-hybridized carbons (Fsp3) is 0.917. The molecule has 2 fully saturated rings. The summed E-state index contributed by atoms with van der Waals surface area (Å²) in [7, 11) is 0. The molecule has 0 spiro atoms. The van der Waals surface area contributed by atoms with Crippen molar-refractivity contribution >= 4 is 18.3 Å². The van der Waals surface area contributed by atoms with Crippen molar-refractivity contribution in [1.29, 1.82) is 0 Å². The van der Waals surface area contributed by atoms with Crippen LogP contribution >= 0.6 is 12.4 Å². The summed E-state index contributed by atoms with van der Waals surface area (Å²) in [6.07, 6.45) is 5.74. The molecule has 1 saturated heterocycles. The van der Waals surface area contributed by atoms with Gasteiger partial charge < -0.3 is 10.6 Å². The molecule has 2 atom stereocenters. The standard InChI is InChI=1S/C12H22N2O.ClH/c1-9-3-2-4-11(9)14-12(15)10-5-7-13-8-6-10;/h9-11,13H,2-8H2,1H3,(H,14,15);1H. The maximum Gasteiger partial charge on any atom is 0.223 e. The Hall–Kier alpha value is -0.280. The molecule has 2 unspecified atom stereocenters. The molecule has 0 aromatic carbocycles. The van der Waals surface area contributed by atoms with E-state index in [1.165, 1.54) is 19.3 Å². The molecule has 3 nitrogen and oxygen atoms in total. The Balaban J connectivity index is 0.00000128. The maximum absolute atomic E-state index is 12.0. The number of piperidine rings is 1. The van der Waals surface area contributed by atoms with Crippen LogP contribution in [0.25, 0.3) is 0 Å². The first-order valence-corrected chi connectivity index (χ1v) is 6.28. The molecule has 2 rings (SSSR count). The molecule has 1 saturated carbocycles. The highest BCUT2D eigenvalue weighted by Crippen LogP contribution is 2.25. The van der Waals surface area contributed by atoms with Gasteiger partial charge in [0.2, 0.25) is 5.91 Å². The lowest BCUT2D eigenvalue weighted by Crippen LogP contribution is -2.43. The molecule has 1 amide bonds. The lowest BCUT2D eigenvalue weighted by Gasteiger charge is -2.25. The molecular weight excluding hydrogens is 224 g/mol. The van der Waals surface area contributed by atoms with Gasteiger partial charge in [-0.15, -0.1) is 12.4 Å². The summed E-state index contributed by atoms with van der Waals surface area (Å²) in [4.78, 5) is 12.0. The first kappa shape index (κ1) is 13.8. The molecule has 0 bridgehead atoms. The third-order valence-electron chi connectivity index (χ3n) is 3.90. The highest BCUT2D eigenvalue weighted by atomic mass is 35.5. The van der Waals surface area contributed by atoms with Crippen molar-refractivity contribution in [2.45, 2.75) is 45.1 Å². The van der Waals surface area contributed by atoms with Gasteiger partial charge in [0, 0.05) is 12.0 Å². The topological polar surface area (TPSA) is 41.1 Å². The molecule has 16 heavy (non-hydrogen) atoms. The molecule has 1 aliphatic heterocycles. The summed E-state index contributed by atoms with van der Waals surface area (Å²) in [6.45, 7) is 4.25. The maximum atomic E-state index is 12.0. The van der Waals surface area contributed by atoms with Crippen molar-refractivity contribution in [3.63, 3.8) is 0 Å². The minimum Gasteiger partial charge on any atom is -0.353 e. The second-order valence-electron chi connectivity index (χ2n) is 5.05. The lowest BCUT2D eigenvalue weighted by atomic mass is 9.96. The second kappa shape index (κ2) is 6.45. The van der Waals surface area contributed by atoms with Crippen LogP contribution in [0.2, 0.25) is 0 Å². The van der Waals surface area contributed by atoms with Crippen LogP contribution in [-0.2, 0) is 4.79 Å². The van der Waals surface area contributed by atoms with Crippen LogP contribution in [0.5, 0.6) is 0 Å². The molecule has 94 valence electrons. The number of amides is 1. The fourth-order valence-corrected chi connectivity index (χ4v) is 2.74. The van der Waals surface area contributed by atoms with E-state index in [0.717, 1.165) is 25.9 Å². The normalized spacial score (nSPS) is 30.8. The van der Waals surface area contributed by atoms with E-state index in [2.05, 4.69) is 17.6 Å². The zero-order valence-electron chi connectivity index (χ0n) is 10.00. The average Bonchev–Trinajstić information content (AvgIpc) is 2.66. The van der Waals surface area contributed by atoms with E-state index < -0.39 is 0 Å². The van der Waals surface area contributed by atoms with E-state index in [-0.39, 0.29) is 18.3 Å². The van der Waals surface area contributed by atoms with Crippen molar-refractivity contribution in [2.24, 2.45) is 11.8 Å². The molecule has 4 heteroatoms. The van der Waals surface area contributed by atoms with Crippen LogP contribution in [0, 0.1) is 11.8 Å². The number of carbonyl (C=O) groups excluding carboxylic acids is 1. The van der Waals surface area contributed by atoms with Crippen molar-refractivity contribution in [3.05, 3.63) is 0 Å². The Morgan fingerprint density at radius 2 is 1.88 bits per heavy atom. The summed E-state index contributed by atoms with van der Waals surface area (Å²) < 4.78 is 0. The van der Waals surface area contributed by atoms with E-state index in [0.29, 0.717) is 17.9 Å². The number of carbonyl (C=O) groups is 1.